The van der Waals surface area contributed by atoms with Gasteiger partial charge in [0.1, 0.15) is 11.0 Å². The van der Waals surface area contributed by atoms with Crippen molar-refractivity contribution in [2.45, 2.75) is 6.42 Å². The van der Waals surface area contributed by atoms with Crippen LogP contribution in [0.1, 0.15) is 11.4 Å². The Kier molecular flexibility index (Phi) is 4.77. The summed E-state index contributed by atoms with van der Waals surface area (Å²) < 4.78 is 1.03. The van der Waals surface area contributed by atoms with E-state index in [1.54, 1.807) is 6.07 Å². The molecule has 0 fully saturated rings. The Bertz CT molecular complexity index is 787. The normalized spacial score (nSPS) is 10.7. The van der Waals surface area contributed by atoms with Gasteiger partial charge in [0.15, 0.2) is 0 Å². The fourth-order valence-corrected chi connectivity index (χ4v) is 2.69. The van der Waals surface area contributed by atoms with Crippen LogP contribution in [0.2, 0.25) is 10.2 Å². The number of aromatic nitrogens is 2. The van der Waals surface area contributed by atoms with Crippen molar-refractivity contribution in [1.29, 1.82) is 0 Å². The second-order valence-corrected chi connectivity index (χ2v) is 6.54. The first kappa shape index (κ1) is 15.5. The first-order valence-corrected chi connectivity index (χ1v) is 8.19. The number of nitrogens with zero attached hydrogens (tertiary/aromatic N) is 2. The molecule has 5 heteroatoms. The third kappa shape index (κ3) is 3.86. The molecule has 0 saturated heterocycles. The van der Waals surface area contributed by atoms with Gasteiger partial charge in [-0.25, -0.2) is 9.97 Å². The van der Waals surface area contributed by atoms with Crippen LogP contribution in [0, 0.1) is 0 Å². The van der Waals surface area contributed by atoms with Crippen LogP contribution >= 0.6 is 39.1 Å². The molecule has 2 nitrogen and oxygen atoms in total. The van der Waals surface area contributed by atoms with Gasteiger partial charge in [-0.3, -0.25) is 0 Å². The largest absolute Gasteiger partial charge is 0.232 e. The number of hydrogen-bond acceptors (Lipinski definition) is 2. The van der Waals surface area contributed by atoms with Crippen molar-refractivity contribution in [2.75, 3.05) is 0 Å². The molecule has 0 bridgehead atoms. The minimum atomic E-state index is 0.442. The SMILES string of the molecule is Clc1ccc(Cc2nc(Cl)cc(-c3ccc(Br)cc3)n2)cc1. The van der Waals surface area contributed by atoms with E-state index in [4.69, 9.17) is 23.2 Å². The summed E-state index contributed by atoms with van der Waals surface area (Å²) in [7, 11) is 0. The molecule has 1 aromatic heterocycles. The predicted octanol–water partition coefficient (Wildman–Crippen LogP) is 5.80. The summed E-state index contributed by atoms with van der Waals surface area (Å²) in [5.41, 5.74) is 2.91. The van der Waals surface area contributed by atoms with Gasteiger partial charge in [-0.05, 0) is 29.8 Å². The zero-order valence-electron chi connectivity index (χ0n) is 11.4. The summed E-state index contributed by atoms with van der Waals surface area (Å²) in [6.45, 7) is 0. The molecule has 2 aromatic carbocycles. The lowest BCUT2D eigenvalue weighted by Crippen LogP contribution is -1.99. The summed E-state index contributed by atoms with van der Waals surface area (Å²) in [6.07, 6.45) is 0.612. The Balaban J connectivity index is 1.92. The molecule has 110 valence electrons. The lowest BCUT2D eigenvalue weighted by molar-refractivity contribution is 0.972. The van der Waals surface area contributed by atoms with Crippen molar-refractivity contribution in [1.82, 2.24) is 9.97 Å². The molecule has 0 amide bonds. The lowest BCUT2D eigenvalue weighted by atomic mass is 10.1. The Morgan fingerprint density at radius 1 is 0.864 bits per heavy atom. The van der Waals surface area contributed by atoms with Crippen molar-refractivity contribution in [3.63, 3.8) is 0 Å². The fourth-order valence-electron chi connectivity index (χ4n) is 2.10. The van der Waals surface area contributed by atoms with Gasteiger partial charge in [-0.15, -0.1) is 0 Å². The van der Waals surface area contributed by atoms with Crippen LogP contribution in [0.4, 0.5) is 0 Å². The van der Waals surface area contributed by atoms with Gasteiger partial charge >= 0.3 is 0 Å². The molecular weight excluding hydrogens is 383 g/mol. The maximum absolute atomic E-state index is 6.14. The average molecular weight is 394 g/mol. The Morgan fingerprint density at radius 3 is 2.23 bits per heavy atom. The monoisotopic (exact) mass is 392 g/mol. The molecule has 0 N–H and O–H groups in total. The van der Waals surface area contributed by atoms with Gasteiger partial charge in [-0.1, -0.05) is 63.4 Å². The standard InChI is InChI=1S/C17H11BrCl2N2/c18-13-5-3-12(4-6-13)15-10-16(20)22-17(21-15)9-11-1-7-14(19)8-2-11/h1-8,10H,9H2. The van der Waals surface area contributed by atoms with Gasteiger partial charge < -0.3 is 0 Å². The molecule has 0 atom stereocenters. The van der Waals surface area contributed by atoms with Gasteiger partial charge in [0.2, 0.25) is 0 Å². The Hall–Kier alpha value is -1.42. The maximum Gasteiger partial charge on any atom is 0.135 e. The summed E-state index contributed by atoms with van der Waals surface area (Å²) >= 11 is 15.5. The van der Waals surface area contributed by atoms with Crippen molar-refractivity contribution in [2.24, 2.45) is 0 Å². The summed E-state index contributed by atoms with van der Waals surface area (Å²) in [4.78, 5) is 8.91. The van der Waals surface area contributed by atoms with Gasteiger partial charge in [0.25, 0.3) is 0 Å². The molecular formula is C17H11BrCl2N2. The average Bonchev–Trinajstić information content (AvgIpc) is 2.50. The highest BCUT2D eigenvalue weighted by atomic mass is 79.9. The number of halogens is 3. The van der Waals surface area contributed by atoms with E-state index in [0.29, 0.717) is 22.4 Å². The van der Waals surface area contributed by atoms with Crippen LogP contribution in [0.3, 0.4) is 0 Å². The van der Waals surface area contributed by atoms with E-state index in [-0.39, 0.29) is 0 Å². The second kappa shape index (κ2) is 6.78. The zero-order chi connectivity index (χ0) is 15.5. The summed E-state index contributed by atoms with van der Waals surface area (Å²) in [5.74, 6) is 0.688. The molecule has 0 radical (unpaired) electrons. The van der Waals surface area contributed by atoms with Crippen LogP contribution in [0.15, 0.2) is 59.1 Å². The zero-order valence-corrected chi connectivity index (χ0v) is 14.5. The van der Waals surface area contributed by atoms with Crippen molar-refractivity contribution in [3.05, 3.63) is 80.6 Å². The lowest BCUT2D eigenvalue weighted by Gasteiger charge is -2.06. The molecule has 3 aromatic rings. The van der Waals surface area contributed by atoms with Gasteiger partial charge in [-0.2, -0.15) is 0 Å². The molecule has 1 heterocycles. The number of benzene rings is 2. The maximum atomic E-state index is 6.14. The van der Waals surface area contributed by atoms with E-state index >= 15 is 0 Å². The Labute approximate surface area is 147 Å². The molecule has 3 rings (SSSR count). The second-order valence-electron chi connectivity index (χ2n) is 4.80. The van der Waals surface area contributed by atoms with E-state index in [1.807, 2.05) is 48.5 Å². The van der Waals surface area contributed by atoms with Crippen LogP contribution in [0.5, 0.6) is 0 Å². The highest BCUT2D eigenvalue weighted by Gasteiger charge is 2.07. The van der Waals surface area contributed by atoms with Crippen LogP contribution < -0.4 is 0 Å². The highest BCUT2D eigenvalue weighted by Crippen LogP contribution is 2.23. The summed E-state index contributed by atoms with van der Waals surface area (Å²) in [5, 5.41) is 1.16. The molecule has 0 unspecified atom stereocenters. The van der Waals surface area contributed by atoms with E-state index in [9.17, 15) is 0 Å². The number of rotatable bonds is 3. The molecule has 0 spiro atoms. The molecule has 0 saturated carbocycles. The third-order valence-electron chi connectivity index (χ3n) is 3.16. The predicted molar refractivity (Wildman–Crippen MR) is 94.4 cm³/mol. The molecule has 0 aliphatic rings. The van der Waals surface area contributed by atoms with Gasteiger partial charge in [0.05, 0.1) is 5.69 Å². The smallest absolute Gasteiger partial charge is 0.135 e. The Morgan fingerprint density at radius 2 is 1.55 bits per heavy atom. The summed E-state index contributed by atoms with van der Waals surface area (Å²) in [6, 6.07) is 17.4. The molecule has 0 aliphatic carbocycles. The van der Waals surface area contributed by atoms with Crippen LogP contribution in [0.25, 0.3) is 11.3 Å². The topological polar surface area (TPSA) is 25.8 Å². The van der Waals surface area contributed by atoms with Crippen LogP contribution in [-0.2, 0) is 6.42 Å². The van der Waals surface area contributed by atoms with Crippen molar-refractivity contribution >= 4 is 39.1 Å². The van der Waals surface area contributed by atoms with E-state index in [0.717, 1.165) is 21.3 Å². The first-order valence-electron chi connectivity index (χ1n) is 6.64. The molecule has 22 heavy (non-hydrogen) atoms. The van der Waals surface area contributed by atoms with Crippen LogP contribution in [-0.4, -0.2) is 9.97 Å². The molecule has 0 aliphatic heterocycles. The minimum absolute atomic E-state index is 0.442. The number of hydrogen-bond donors (Lipinski definition) is 0. The minimum Gasteiger partial charge on any atom is -0.232 e. The quantitative estimate of drug-likeness (QED) is 0.525. The fraction of sp³-hybridized carbons (Fsp3) is 0.0588. The third-order valence-corrected chi connectivity index (χ3v) is 4.13. The van der Waals surface area contributed by atoms with E-state index < -0.39 is 0 Å². The van der Waals surface area contributed by atoms with Crippen molar-refractivity contribution in [3.8, 4) is 11.3 Å². The first-order chi connectivity index (χ1) is 10.6. The van der Waals surface area contributed by atoms with Gasteiger partial charge in [0, 0.05) is 27.5 Å². The van der Waals surface area contributed by atoms with E-state index in [2.05, 4.69) is 25.9 Å². The van der Waals surface area contributed by atoms with E-state index in [1.165, 1.54) is 0 Å². The highest BCUT2D eigenvalue weighted by molar-refractivity contribution is 9.10. The van der Waals surface area contributed by atoms with Crippen molar-refractivity contribution < 1.29 is 0 Å².